The lowest BCUT2D eigenvalue weighted by Crippen LogP contribution is -2.24. The van der Waals surface area contributed by atoms with E-state index in [1.165, 1.54) is 38.4 Å². The minimum atomic E-state index is -3.54. The van der Waals surface area contributed by atoms with Crippen molar-refractivity contribution in [1.29, 1.82) is 0 Å². The van der Waals surface area contributed by atoms with Crippen LogP contribution in [-0.2, 0) is 24.3 Å². The number of esters is 1. The molecule has 0 aromatic heterocycles. The van der Waals surface area contributed by atoms with Crippen molar-refractivity contribution < 1.29 is 27.5 Å². The van der Waals surface area contributed by atoms with Crippen molar-refractivity contribution in [1.82, 2.24) is 4.31 Å². The molecule has 0 unspecified atom stereocenters. The Morgan fingerprint density at radius 2 is 1.63 bits per heavy atom. The lowest BCUT2D eigenvalue weighted by molar-refractivity contribution is -0.149. The molecule has 0 radical (unpaired) electrons. The minimum Gasteiger partial charge on any atom is -0.482 e. The summed E-state index contributed by atoms with van der Waals surface area (Å²) >= 11 is 0. The summed E-state index contributed by atoms with van der Waals surface area (Å²) < 4.78 is 35.6. The molecular weight excluding hydrogens is 408 g/mol. The number of ether oxygens (including phenoxy) is 2. The molecule has 0 saturated carbocycles. The molecule has 1 N–H and O–H groups in total. The Bertz CT molecular complexity index is 985. The van der Waals surface area contributed by atoms with Crippen LogP contribution in [0.25, 0.3) is 0 Å². The summed E-state index contributed by atoms with van der Waals surface area (Å²) in [6, 6.07) is 13.1. The lowest BCUT2D eigenvalue weighted by Gasteiger charge is -2.13. The molecule has 1 amide bonds. The third-order valence-corrected chi connectivity index (χ3v) is 6.00. The first-order valence-corrected chi connectivity index (χ1v) is 10.7. The number of carbonyl (C=O) groups excluding carboxylic acids is 2. The van der Waals surface area contributed by atoms with E-state index in [1.807, 2.05) is 32.0 Å². The number of hydrogen-bond acceptors (Lipinski definition) is 6. The molecule has 0 aliphatic carbocycles. The fourth-order valence-corrected chi connectivity index (χ4v) is 3.43. The molecule has 8 nitrogen and oxygen atoms in total. The number of nitrogens with zero attached hydrogens (tertiary/aromatic N) is 1. The van der Waals surface area contributed by atoms with Crippen LogP contribution in [0.15, 0.2) is 53.4 Å². The highest BCUT2D eigenvalue weighted by Gasteiger charge is 2.17. The van der Waals surface area contributed by atoms with Gasteiger partial charge in [-0.05, 0) is 41.8 Å². The van der Waals surface area contributed by atoms with Gasteiger partial charge in [-0.15, -0.1) is 0 Å². The average molecular weight is 435 g/mol. The van der Waals surface area contributed by atoms with Crippen LogP contribution in [-0.4, -0.2) is 51.9 Å². The van der Waals surface area contributed by atoms with Crippen LogP contribution < -0.4 is 10.1 Å². The summed E-state index contributed by atoms with van der Waals surface area (Å²) in [5.41, 5.74) is 1.36. The topological polar surface area (TPSA) is 102 Å². The summed E-state index contributed by atoms with van der Waals surface area (Å²) in [5.74, 6) is -0.381. The van der Waals surface area contributed by atoms with E-state index < -0.39 is 28.5 Å². The van der Waals surface area contributed by atoms with Crippen LogP contribution in [0.2, 0.25) is 0 Å². The predicted octanol–water partition coefficient (Wildman–Crippen LogP) is 2.62. The predicted molar refractivity (Wildman–Crippen MR) is 113 cm³/mol. The standard InChI is InChI=1S/C21H26N2O6S/c1-15(2)18-7-5-6-8-19(18)28-14-21(25)29-13-20(24)22-16-9-11-17(12-10-16)30(26,27)23(3)4/h5-12,15H,13-14H2,1-4H3,(H,22,24). The van der Waals surface area contributed by atoms with E-state index in [0.717, 1.165) is 9.87 Å². The third-order valence-electron chi connectivity index (χ3n) is 4.17. The zero-order valence-electron chi connectivity index (χ0n) is 17.4. The smallest absolute Gasteiger partial charge is 0.344 e. The molecule has 162 valence electrons. The molecule has 30 heavy (non-hydrogen) atoms. The molecule has 0 aliphatic heterocycles. The number of para-hydroxylation sites is 1. The van der Waals surface area contributed by atoms with Crippen LogP contribution in [0.1, 0.15) is 25.3 Å². The third kappa shape index (κ3) is 6.30. The van der Waals surface area contributed by atoms with Crippen molar-refractivity contribution in [3.63, 3.8) is 0 Å². The summed E-state index contributed by atoms with van der Waals surface area (Å²) in [7, 11) is -0.674. The highest BCUT2D eigenvalue weighted by molar-refractivity contribution is 7.89. The Labute approximate surface area is 176 Å². The summed E-state index contributed by atoms with van der Waals surface area (Å²) in [6.07, 6.45) is 0. The Morgan fingerprint density at radius 3 is 2.23 bits per heavy atom. The Balaban J connectivity index is 1.83. The van der Waals surface area contributed by atoms with Crippen LogP contribution >= 0.6 is 0 Å². The monoisotopic (exact) mass is 434 g/mol. The number of carbonyl (C=O) groups is 2. The maximum Gasteiger partial charge on any atom is 0.344 e. The van der Waals surface area contributed by atoms with Gasteiger partial charge in [-0.25, -0.2) is 17.5 Å². The quantitative estimate of drug-likeness (QED) is 0.609. The molecule has 2 aromatic carbocycles. The molecule has 0 fully saturated rings. The molecular formula is C21H26N2O6S. The molecule has 2 rings (SSSR count). The number of rotatable bonds is 9. The lowest BCUT2D eigenvalue weighted by atomic mass is 10.0. The maximum absolute atomic E-state index is 12.0. The highest BCUT2D eigenvalue weighted by atomic mass is 32.2. The zero-order valence-corrected chi connectivity index (χ0v) is 18.2. The van der Waals surface area contributed by atoms with Gasteiger partial charge >= 0.3 is 5.97 Å². The van der Waals surface area contributed by atoms with Gasteiger partial charge in [-0.2, -0.15) is 0 Å². The average Bonchev–Trinajstić information content (AvgIpc) is 2.71. The second kappa shape index (κ2) is 10.2. The van der Waals surface area contributed by atoms with Crippen molar-refractivity contribution in [3.05, 3.63) is 54.1 Å². The Hall–Kier alpha value is -2.91. The van der Waals surface area contributed by atoms with E-state index in [1.54, 1.807) is 6.07 Å². The van der Waals surface area contributed by atoms with Crippen LogP contribution in [0.4, 0.5) is 5.69 Å². The molecule has 0 bridgehead atoms. The summed E-state index contributed by atoms with van der Waals surface area (Å²) in [4.78, 5) is 24.0. The van der Waals surface area contributed by atoms with Gasteiger partial charge in [0, 0.05) is 19.8 Å². The van der Waals surface area contributed by atoms with E-state index in [-0.39, 0.29) is 17.4 Å². The van der Waals surface area contributed by atoms with E-state index in [0.29, 0.717) is 11.4 Å². The van der Waals surface area contributed by atoms with Crippen LogP contribution in [0.3, 0.4) is 0 Å². The second-order valence-corrected chi connectivity index (χ2v) is 9.15. The number of hydrogen-bond donors (Lipinski definition) is 1. The zero-order chi connectivity index (χ0) is 22.3. The molecule has 2 aromatic rings. The number of anilines is 1. The first kappa shape index (κ1) is 23.4. The van der Waals surface area contributed by atoms with Gasteiger partial charge in [0.15, 0.2) is 13.2 Å². The molecule has 9 heteroatoms. The second-order valence-electron chi connectivity index (χ2n) is 7.00. The molecule has 0 heterocycles. The Morgan fingerprint density at radius 1 is 1.00 bits per heavy atom. The summed E-state index contributed by atoms with van der Waals surface area (Å²) in [5, 5.41) is 2.54. The first-order valence-electron chi connectivity index (χ1n) is 9.31. The van der Waals surface area contributed by atoms with Gasteiger partial charge in [-0.3, -0.25) is 4.79 Å². The maximum atomic E-state index is 12.0. The molecule has 0 aliphatic rings. The first-order chi connectivity index (χ1) is 14.1. The van der Waals surface area contributed by atoms with Gasteiger partial charge in [0.2, 0.25) is 10.0 Å². The SMILES string of the molecule is CC(C)c1ccccc1OCC(=O)OCC(=O)Nc1ccc(S(=O)(=O)N(C)C)cc1. The van der Waals surface area contributed by atoms with E-state index in [2.05, 4.69) is 5.32 Å². The van der Waals surface area contributed by atoms with Gasteiger partial charge in [0.05, 0.1) is 4.90 Å². The van der Waals surface area contributed by atoms with Crippen molar-refractivity contribution in [2.24, 2.45) is 0 Å². The fourth-order valence-electron chi connectivity index (χ4n) is 2.53. The normalized spacial score (nSPS) is 11.4. The van der Waals surface area contributed by atoms with Gasteiger partial charge in [-0.1, -0.05) is 32.0 Å². The van der Waals surface area contributed by atoms with Gasteiger partial charge < -0.3 is 14.8 Å². The molecule has 0 spiro atoms. The Kier molecular flexibility index (Phi) is 7.96. The van der Waals surface area contributed by atoms with Gasteiger partial charge in [0.25, 0.3) is 5.91 Å². The molecule has 0 atom stereocenters. The van der Waals surface area contributed by atoms with Crippen molar-refractivity contribution in [2.45, 2.75) is 24.7 Å². The largest absolute Gasteiger partial charge is 0.482 e. The van der Waals surface area contributed by atoms with Crippen molar-refractivity contribution >= 4 is 27.6 Å². The van der Waals surface area contributed by atoms with E-state index in [9.17, 15) is 18.0 Å². The van der Waals surface area contributed by atoms with Crippen molar-refractivity contribution in [2.75, 3.05) is 32.6 Å². The van der Waals surface area contributed by atoms with Crippen molar-refractivity contribution in [3.8, 4) is 5.75 Å². The van der Waals surface area contributed by atoms with E-state index in [4.69, 9.17) is 9.47 Å². The highest BCUT2D eigenvalue weighted by Crippen LogP contribution is 2.25. The molecule has 0 saturated heterocycles. The number of nitrogens with one attached hydrogen (secondary N) is 1. The van der Waals surface area contributed by atoms with Gasteiger partial charge in [0.1, 0.15) is 5.75 Å². The fraction of sp³-hybridized carbons (Fsp3) is 0.333. The number of sulfonamides is 1. The summed E-state index contributed by atoms with van der Waals surface area (Å²) in [6.45, 7) is 3.25. The number of benzene rings is 2. The van der Waals surface area contributed by atoms with E-state index >= 15 is 0 Å². The van der Waals surface area contributed by atoms with Crippen LogP contribution in [0.5, 0.6) is 5.75 Å². The number of amides is 1. The minimum absolute atomic E-state index is 0.107. The van der Waals surface area contributed by atoms with Crippen LogP contribution in [0, 0.1) is 0 Å².